The lowest BCUT2D eigenvalue weighted by Crippen LogP contribution is -2.38. The summed E-state index contributed by atoms with van der Waals surface area (Å²) in [5, 5.41) is 2.80. The fraction of sp³-hybridized carbons (Fsp3) is 0.875. The molecule has 0 saturated carbocycles. The van der Waals surface area contributed by atoms with Crippen LogP contribution in [0.1, 0.15) is 27.2 Å². The zero-order valence-electron chi connectivity index (χ0n) is 7.55. The first-order chi connectivity index (χ1) is 5.06. The second-order valence-corrected chi connectivity index (χ2v) is 3.30. The van der Waals surface area contributed by atoms with Gasteiger partial charge in [0, 0.05) is 19.0 Å². The molecule has 0 fully saturated rings. The predicted molar refractivity (Wildman–Crippen MR) is 46.1 cm³/mol. The number of nitrogens with two attached hydrogens (primary N) is 1. The Bertz CT molecular complexity index is 123. The molecule has 0 aliphatic heterocycles. The standard InChI is InChI=1S/C8H18N2O/c1-6(2)4-8(11)10-7(3)5-9/h6-7H,4-5,9H2,1-3H3,(H,10,11). The molecule has 0 aromatic heterocycles. The van der Waals surface area contributed by atoms with Gasteiger partial charge in [0.05, 0.1) is 0 Å². The van der Waals surface area contributed by atoms with Crippen molar-refractivity contribution in [2.75, 3.05) is 6.54 Å². The first-order valence-corrected chi connectivity index (χ1v) is 4.05. The van der Waals surface area contributed by atoms with E-state index in [1.54, 1.807) is 0 Å². The van der Waals surface area contributed by atoms with Gasteiger partial charge in [0.1, 0.15) is 0 Å². The van der Waals surface area contributed by atoms with Crippen molar-refractivity contribution in [3.05, 3.63) is 0 Å². The van der Waals surface area contributed by atoms with Crippen LogP contribution in [0.4, 0.5) is 0 Å². The van der Waals surface area contributed by atoms with Crippen LogP contribution in [0.5, 0.6) is 0 Å². The van der Waals surface area contributed by atoms with Crippen molar-refractivity contribution in [1.29, 1.82) is 0 Å². The number of hydrogen-bond donors (Lipinski definition) is 2. The zero-order chi connectivity index (χ0) is 8.85. The molecule has 1 atom stereocenters. The van der Waals surface area contributed by atoms with Crippen LogP contribution in [-0.2, 0) is 4.79 Å². The Balaban J connectivity index is 3.52. The van der Waals surface area contributed by atoms with E-state index >= 15 is 0 Å². The van der Waals surface area contributed by atoms with Crippen molar-refractivity contribution in [3.8, 4) is 0 Å². The first-order valence-electron chi connectivity index (χ1n) is 4.05. The summed E-state index contributed by atoms with van der Waals surface area (Å²) in [6.45, 7) is 6.45. The summed E-state index contributed by atoms with van der Waals surface area (Å²) < 4.78 is 0. The second-order valence-electron chi connectivity index (χ2n) is 3.30. The molecule has 11 heavy (non-hydrogen) atoms. The molecule has 0 spiro atoms. The van der Waals surface area contributed by atoms with Crippen molar-refractivity contribution in [1.82, 2.24) is 5.32 Å². The van der Waals surface area contributed by atoms with Gasteiger partial charge in [-0.2, -0.15) is 0 Å². The van der Waals surface area contributed by atoms with E-state index in [9.17, 15) is 4.79 Å². The van der Waals surface area contributed by atoms with Crippen molar-refractivity contribution in [2.45, 2.75) is 33.2 Å². The second kappa shape index (κ2) is 5.13. The zero-order valence-corrected chi connectivity index (χ0v) is 7.55. The minimum atomic E-state index is 0.0953. The van der Waals surface area contributed by atoms with Crippen LogP contribution in [-0.4, -0.2) is 18.5 Å². The van der Waals surface area contributed by atoms with Crippen molar-refractivity contribution < 1.29 is 4.79 Å². The minimum absolute atomic E-state index is 0.0953. The molecule has 0 aliphatic carbocycles. The predicted octanol–water partition coefficient (Wildman–Crippen LogP) is 0.496. The fourth-order valence-electron chi connectivity index (χ4n) is 0.763. The highest BCUT2D eigenvalue weighted by Crippen LogP contribution is 1.98. The molecule has 0 saturated heterocycles. The van der Waals surface area contributed by atoms with E-state index in [1.165, 1.54) is 0 Å². The third kappa shape index (κ3) is 5.85. The molecule has 0 aromatic carbocycles. The SMILES string of the molecule is CC(C)CC(=O)NC(C)CN. The Morgan fingerprint density at radius 2 is 2.00 bits per heavy atom. The normalized spacial score (nSPS) is 13.2. The third-order valence-corrected chi connectivity index (χ3v) is 1.35. The highest BCUT2D eigenvalue weighted by molar-refractivity contribution is 5.76. The number of carbonyl (C=O) groups is 1. The minimum Gasteiger partial charge on any atom is -0.352 e. The van der Waals surface area contributed by atoms with Crippen molar-refractivity contribution in [2.24, 2.45) is 11.7 Å². The summed E-state index contributed by atoms with van der Waals surface area (Å²) in [4.78, 5) is 11.1. The highest BCUT2D eigenvalue weighted by Gasteiger charge is 2.06. The Kier molecular flexibility index (Phi) is 4.86. The lowest BCUT2D eigenvalue weighted by molar-refractivity contribution is -0.122. The van der Waals surface area contributed by atoms with Gasteiger partial charge >= 0.3 is 0 Å². The lowest BCUT2D eigenvalue weighted by atomic mass is 10.1. The van der Waals surface area contributed by atoms with Gasteiger partial charge in [0.25, 0.3) is 0 Å². The van der Waals surface area contributed by atoms with Gasteiger partial charge in [-0.15, -0.1) is 0 Å². The third-order valence-electron chi connectivity index (χ3n) is 1.35. The van der Waals surface area contributed by atoms with Crippen LogP contribution in [0.3, 0.4) is 0 Å². The molecule has 3 N–H and O–H groups in total. The van der Waals surface area contributed by atoms with E-state index in [1.807, 2.05) is 20.8 Å². The van der Waals surface area contributed by atoms with E-state index < -0.39 is 0 Å². The molecule has 66 valence electrons. The molecule has 3 nitrogen and oxygen atoms in total. The van der Waals surface area contributed by atoms with E-state index in [-0.39, 0.29) is 11.9 Å². The number of hydrogen-bond acceptors (Lipinski definition) is 2. The molecule has 0 rings (SSSR count). The first kappa shape index (κ1) is 10.4. The number of rotatable bonds is 4. The molecule has 0 aliphatic rings. The van der Waals surface area contributed by atoms with Crippen LogP contribution in [0.25, 0.3) is 0 Å². The van der Waals surface area contributed by atoms with Crippen LogP contribution in [0.2, 0.25) is 0 Å². The maximum absolute atomic E-state index is 11.1. The van der Waals surface area contributed by atoms with E-state index in [0.29, 0.717) is 18.9 Å². The number of nitrogens with one attached hydrogen (secondary N) is 1. The largest absolute Gasteiger partial charge is 0.352 e. The van der Waals surface area contributed by atoms with Crippen LogP contribution in [0, 0.1) is 5.92 Å². The summed E-state index contributed by atoms with van der Waals surface area (Å²) in [7, 11) is 0. The van der Waals surface area contributed by atoms with E-state index in [2.05, 4.69) is 5.32 Å². The molecule has 0 aromatic rings. The van der Waals surface area contributed by atoms with E-state index in [4.69, 9.17) is 5.73 Å². The Labute approximate surface area is 68.3 Å². The molecule has 3 heteroatoms. The summed E-state index contributed by atoms with van der Waals surface area (Å²) in [6.07, 6.45) is 0.588. The molecular weight excluding hydrogens is 140 g/mol. The van der Waals surface area contributed by atoms with Crippen LogP contribution >= 0.6 is 0 Å². The highest BCUT2D eigenvalue weighted by atomic mass is 16.1. The van der Waals surface area contributed by atoms with Crippen molar-refractivity contribution >= 4 is 5.91 Å². The Hall–Kier alpha value is -0.570. The van der Waals surface area contributed by atoms with Gasteiger partial charge in [-0.25, -0.2) is 0 Å². The summed E-state index contributed by atoms with van der Waals surface area (Å²) in [5.41, 5.74) is 5.34. The van der Waals surface area contributed by atoms with Gasteiger partial charge in [-0.1, -0.05) is 13.8 Å². The topological polar surface area (TPSA) is 55.1 Å². The maximum Gasteiger partial charge on any atom is 0.220 e. The maximum atomic E-state index is 11.1. The van der Waals surface area contributed by atoms with Gasteiger partial charge in [-0.3, -0.25) is 4.79 Å². The summed E-state index contributed by atoms with van der Waals surface area (Å²) in [5.74, 6) is 0.512. The van der Waals surface area contributed by atoms with Gasteiger partial charge in [0.2, 0.25) is 5.91 Å². The van der Waals surface area contributed by atoms with Gasteiger partial charge < -0.3 is 11.1 Å². The molecule has 1 amide bonds. The monoisotopic (exact) mass is 158 g/mol. The molecule has 1 unspecified atom stereocenters. The number of amides is 1. The molecule has 0 bridgehead atoms. The van der Waals surface area contributed by atoms with Gasteiger partial charge in [-0.05, 0) is 12.8 Å². The quantitative estimate of drug-likeness (QED) is 0.626. The van der Waals surface area contributed by atoms with Crippen molar-refractivity contribution in [3.63, 3.8) is 0 Å². The Morgan fingerprint density at radius 3 is 2.36 bits per heavy atom. The smallest absolute Gasteiger partial charge is 0.220 e. The summed E-state index contributed by atoms with van der Waals surface area (Å²) >= 11 is 0. The molecule has 0 radical (unpaired) electrons. The fourth-order valence-corrected chi connectivity index (χ4v) is 0.763. The van der Waals surface area contributed by atoms with Gasteiger partial charge in [0.15, 0.2) is 0 Å². The van der Waals surface area contributed by atoms with Crippen LogP contribution < -0.4 is 11.1 Å². The van der Waals surface area contributed by atoms with Crippen LogP contribution in [0.15, 0.2) is 0 Å². The Morgan fingerprint density at radius 1 is 1.45 bits per heavy atom. The number of carbonyl (C=O) groups excluding carboxylic acids is 1. The molecule has 0 heterocycles. The van der Waals surface area contributed by atoms with E-state index in [0.717, 1.165) is 0 Å². The average molecular weight is 158 g/mol. The lowest BCUT2D eigenvalue weighted by Gasteiger charge is -2.11. The molecular formula is C8H18N2O. The summed E-state index contributed by atoms with van der Waals surface area (Å²) in [6, 6.07) is 0.0984. The average Bonchev–Trinajstić information content (AvgIpc) is 1.85.